The third-order valence-corrected chi connectivity index (χ3v) is 2.92. The first-order valence-electron chi connectivity index (χ1n) is 5.76. The van der Waals surface area contributed by atoms with Gasteiger partial charge < -0.3 is 10.6 Å². The summed E-state index contributed by atoms with van der Waals surface area (Å²) >= 11 is 0. The van der Waals surface area contributed by atoms with Gasteiger partial charge in [-0.3, -0.25) is 9.89 Å². The first kappa shape index (κ1) is 11.1. The molecule has 0 bridgehead atoms. The third kappa shape index (κ3) is 3.06. The molecule has 1 aromatic rings. The van der Waals surface area contributed by atoms with Gasteiger partial charge in [-0.1, -0.05) is 0 Å². The van der Waals surface area contributed by atoms with E-state index in [2.05, 4.69) is 20.8 Å². The van der Waals surface area contributed by atoms with Gasteiger partial charge in [-0.15, -0.1) is 0 Å². The van der Waals surface area contributed by atoms with Crippen LogP contribution in [-0.4, -0.2) is 29.2 Å². The van der Waals surface area contributed by atoms with E-state index in [9.17, 15) is 4.79 Å². The molecule has 88 valence electrons. The quantitative estimate of drug-likeness (QED) is 0.713. The highest BCUT2D eigenvalue weighted by Crippen LogP contribution is 2.14. The molecular formula is C11H18N4O. The minimum atomic E-state index is 0.0541. The molecule has 1 aliphatic heterocycles. The van der Waals surface area contributed by atoms with Crippen molar-refractivity contribution < 1.29 is 4.79 Å². The second-order valence-electron chi connectivity index (χ2n) is 4.38. The van der Waals surface area contributed by atoms with E-state index in [0.717, 1.165) is 25.2 Å². The Morgan fingerprint density at radius 3 is 3.19 bits per heavy atom. The van der Waals surface area contributed by atoms with Crippen LogP contribution >= 0.6 is 0 Å². The van der Waals surface area contributed by atoms with E-state index < -0.39 is 0 Å². The molecule has 0 aromatic carbocycles. The molecule has 3 N–H and O–H groups in total. The molecule has 0 spiro atoms. The van der Waals surface area contributed by atoms with E-state index in [-0.39, 0.29) is 5.91 Å². The Morgan fingerprint density at radius 1 is 1.69 bits per heavy atom. The number of rotatable bonds is 4. The molecule has 1 amide bonds. The predicted octanol–water partition coefficient (Wildman–Crippen LogP) is 1.05. The molecule has 0 radical (unpaired) electrons. The number of H-pyrrole nitrogens is 1. The number of aromatic nitrogens is 2. The van der Waals surface area contributed by atoms with Crippen molar-refractivity contribution in [2.24, 2.45) is 5.92 Å². The molecule has 1 fully saturated rings. The summed E-state index contributed by atoms with van der Waals surface area (Å²) in [5.41, 5.74) is 0.954. The monoisotopic (exact) mass is 222 g/mol. The Labute approximate surface area is 95.0 Å². The second kappa shape index (κ2) is 5.12. The lowest BCUT2D eigenvalue weighted by molar-refractivity contribution is -0.116. The molecule has 2 heterocycles. The Bertz CT molecular complexity index is 355. The standard InChI is InChI=1S/C11H18N4O/c1-8-6-10(15-14-8)13-11(16)3-2-9-4-5-12-7-9/h6,9,12H,2-5,7H2,1H3,(H2,13,14,15,16). The van der Waals surface area contributed by atoms with Gasteiger partial charge in [0.05, 0.1) is 0 Å². The fourth-order valence-electron chi connectivity index (χ4n) is 1.98. The molecule has 1 atom stereocenters. The number of nitrogens with one attached hydrogen (secondary N) is 3. The van der Waals surface area contributed by atoms with Gasteiger partial charge in [0.25, 0.3) is 0 Å². The average Bonchev–Trinajstić information content (AvgIpc) is 2.87. The minimum absolute atomic E-state index is 0.0541. The van der Waals surface area contributed by atoms with Crippen LogP contribution in [0.25, 0.3) is 0 Å². The van der Waals surface area contributed by atoms with Crippen LogP contribution in [0.5, 0.6) is 0 Å². The van der Waals surface area contributed by atoms with Crippen molar-refractivity contribution >= 4 is 11.7 Å². The summed E-state index contributed by atoms with van der Waals surface area (Å²) in [6.45, 7) is 4.05. The van der Waals surface area contributed by atoms with Crippen LogP contribution in [0.1, 0.15) is 25.0 Å². The van der Waals surface area contributed by atoms with Crippen LogP contribution < -0.4 is 10.6 Å². The highest BCUT2D eigenvalue weighted by atomic mass is 16.1. The third-order valence-electron chi connectivity index (χ3n) is 2.92. The van der Waals surface area contributed by atoms with Crippen molar-refractivity contribution in [3.05, 3.63) is 11.8 Å². The second-order valence-corrected chi connectivity index (χ2v) is 4.38. The lowest BCUT2D eigenvalue weighted by atomic mass is 10.0. The molecule has 0 saturated carbocycles. The van der Waals surface area contributed by atoms with Crippen molar-refractivity contribution in [2.75, 3.05) is 18.4 Å². The maximum atomic E-state index is 11.6. The number of hydrogen-bond acceptors (Lipinski definition) is 3. The van der Waals surface area contributed by atoms with Crippen LogP contribution in [-0.2, 0) is 4.79 Å². The van der Waals surface area contributed by atoms with E-state index in [1.165, 1.54) is 6.42 Å². The van der Waals surface area contributed by atoms with Gasteiger partial charge >= 0.3 is 0 Å². The van der Waals surface area contributed by atoms with Crippen LogP contribution in [0.4, 0.5) is 5.82 Å². The molecule has 5 nitrogen and oxygen atoms in total. The van der Waals surface area contributed by atoms with Gasteiger partial charge in [0.1, 0.15) is 0 Å². The normalized spacial score (nSPS) is 19.9. The highest BCUT2D eigenvalue weighted by Gasteiger charge is 2.15. The molecular weight excluding hydrogens is 204 g/mol. The van der Waals surface area contributed by atoms with Gasteiger partial charge in [0, 0.05) is 18.2 Å². The number of aryl methyl sites for hydroxylation is 1. The highest BCUT2D eigenvalue weighted by molar-refractivity contribution is 5.89. The molecule has 0 aliphatic carbocycles. The largest absolute Gasteiger partial charge is 0.316 e. The smallest absolute Gasteiger partial charge is 0.225 e. The van der Waals surface area contributed by atoms with Crippen LogP contribution in [0.3, 0.4) is 0 Å². The number of nitrogens with zero attached hydrogens (tertiary/aromatic N) is 1. The summed E-state index contributed by atoms with van der Waals surface area (Å²) in [6, 6.07) is 1.83. The number of hydrogen-bond donors (Lipinski definition) is 3. The van der Waals surface area contributed by atoms with Crippen molar-refractivity contribution in [3.63, 3.8) is 0 Å². The lowest BCUT2D eigenvalue weighted by Crippen LogP contribution is -2.15. The van der Waals surface area contributed by atoms with Gasteiger partial charge in [-0.25, -0.2) is 0 Å². The zero-order valence-electron chi connectivity index (χ0n) is 9.55. The van der Waals surface area contributed by atoms with Crippen molar-refractivity contribution in [1.29, 1.82) is 0 Å². The van der Waals surface area contributed by atoms with Crippen molar-refractivity contribution in [2.45, 2.75) is 26.2 Å². The van der Waals surface area contributed by atoms with Crippen molar-refractivity contribution in [3.8, 4) is 0 Å². The van der Waals surface area contributed by atoms with Gasteiger partial charge in [0.2, 0.25) is 5.91 Å². The van der Waals surface area contributed by atoms with E-state index in [1.54, 1.807) is 0 Å². The molecule has 1 aromatic heterocycles. The molecule has 2 rings (SSSR count). The Balaban J connectivity index is 1.71. The number of amides is 1. The fraction of sp³-hybridized carbons (Fsp3) is 0.636. The number of carbonyl (C=O) groups excluding carboxylic acids is 1. The van der Waals surface area contributed by atoms with Gasteiger partial charge in [-0.2, -0.15) is 5.10 Å². The zero-order chi connectivity index (χ0) is 11.4. The van der Waals surface area contributed by atoms with Crippen LogP contribution in [0, 0.1) is 12.8 Å². The fourth-order valence-corrected chi connectivity index (χ4v) is 1.98. The SMILES string of the molecule is Cc1cc(NC(=O)CCC2CCNC2)n[nH]1. The maximum absolute atomic E-state index is 11.6. The number of aromatic amines is 1. The average molecular weight is 222 g/mol. The summed E-state index contributed by atoms with van der Waals surface area (Å²) in [4.78, 5) is 11.6. The minimum Gasteiger partial charge on any atom is -0.316 e. The molecule has 5 heteroatoms. The van der Waals surface area contributed by atoms with Crippen LogP contribution in [0.2, 0.25) is 0 Å². The Kier molecular flexibility index (Phi) is 3.56. The van der Waals surface area contributed by atoms with E-state index in [0.29, 0.717) is 18.2 Å². The van der Waals surface area contributed by atoms with E-state index in [1.807, 2.05) is 13.0 Å². The lowest BCUT2D eigenvalue weighted by Gasteiger charge is -2.06. The Hall–Kier alpha value is -1.36. The van der Waals surface area contributed by atoms with Gasteiger partial charge in [0.15, 0.2) is 5.82 Å². The molecule has 16 heavy (non-hydrogen) atoms. The summed E-state index contributed by atoms with van der Waals surface area (Å²) in [6.07, 6.45) is 2.73. The zero-order valence-corrected chi connectivity index (χ0v) is 9.55. The summed E-state index contributed by atoms with van der Waals surface area (Å²) in [5.74, 6) is 1.33. The Morgan fingerprint density at radius 2 is 2.56 bits per heavy atom. The first-order chi connectivity index (χ1) is 7.74. The summed E-state index contributed by atoms with van der Waals surface area (Å²) in [7, 11) is 0. The number of anilines is 1. The van der Waals surface area contributed by atoms with E-state index in [4.69, 9.17) is 0 Å². The molecule has 1 saturated heterocycles. The first-order valence-corrected chi connectivity index (χ1v) is 5.76. The van der Waals surface area contributed by atoms with Crippen LogP contribution in [0.15, 0.2) is 6.07 Å². The summed E-state index contributed by atoms with van der Waals surface area (Å²) in [5, 5.41) is 12.8. The van der Waals surface area contributed by atoms with Gasteiger partial charge in [-0.05, 0) is 38.8 Å². The topological polar surface area (TPSA) is 69.8 Å². The van der Waals surface area contributed by atoms with Crippen molar-refractivity contribution in [1.82, 2.24) is 15.5 Å². The molecule has 1 unspecified atom stereocenters. The summed E-state index contributed by atoms with van der Waals surface area (Å²) < 4.78 is 0. The van der Waals surface area contributed by atoms with E-state index >= 15 is 0 Å². The molecule has 1 aliphatic rings. The predicted molar refractivity (Wildman–Crippen MR) is 62.2 cm³/mol. The number of carbonyl (C=O) groups is 1. The maximum Gasteiger partial charge on any atom is 0.225 e.